The zero-order valence-corrected chi connectivity index (χ0v) is 11.5. The van der Waals surface area contributed by atoms with Crippen LogP contribution < -0.4 is 0 Å². The SMILES string of the molecule is Cc1[nH]nc(CO)c1S(=O)(=O)N(C)C1CCCC1. The summed E-state index contributed by atoms with van der Waals surface area (Å²) in [6, 6.07) is 0.0656. The molecule has 7 heteroatoms. The minimum absolute atomic E-state index is 0.0656. The van der Waals surface area contributed by atoms with E-state index in [1.165, 1.54) is 4.31 Å². The van der Waals surface area contributed by atoms with Gasteiger partial charge in [-0.05, 0) is 19.8 Å². The van der Waals surface area contributed by atoms with E-state index in [9.17, 15) is 13.5 Å². The second kappa shape index (κ2) is 4.99. The average molecular weight is 273 g/mol. The predicted octanol–water partition coefficient (Wildman–Crippen LogP) is 0.774. The Labute approximate surface area is 107 Å². The minimum atomic E-state index is -3.57. The van der Waals surface area contributed by atoms with E-state index in [1.807, 2.05) is 0 Å². The molecular formula is C11H19N3O3S. The van der Waals surface area contributed by atoms with Crippen molar-refractivity contribution in [2.45, 2.75) is 50.2 Å². The van der Waals surface area contributed by atoms with Crippen LogP contribution in [0.1, 0.15) is 37.1 Å². The van der Waals surface area contributed by atoms with E-state index in [1.54, 1.807) is 14.0 Å². The van der Waals surface area contributed by atoms with Crippen molar-refractivity contribution < 1.29 is 13.5 Å². The van der Waals surface area contributed by atoms with Crippen LogP contribution in [-0.4, -0.2) is 41.1 Å². The molecule has 0 amide bonds. The Hall–Kier alpha value is -0.920. The van der Waals surface area contributed by atoms with Crippen LogP contribution >= 0.6 is 0 Å². The molecule has 0 saturated heterocycles. The number of aryl methyl sites for hydroxylation is 1. The van der Waals surface area contributed by atoms with Gasteiger partial charge in [0.25, 0.3) is 0 Å². The molecule has 0 aromatic carbocycles. The molecule has 2 rings (SSSR count). The molecule has 0 aliphatic heterocycles. The molecule has 1 aromatic rings. The number of aliphatic hydroxyl groups is 1. The molecular weight excluding hydrogens is 254 g/mol. The Morgan fingerprint density at radius 2 is 2.06 bits per heavy atom. The van der Waals surface area contributed by atoms with Gasteiger partial charge in [0.1, 0.15) is 10.6 Å². The van der Waals surface area contributed by atoms with Gasteiger partial charge in [-0.25, -0.2) is 8.42 Å². The van der Waals surface area contributed by atoms with Crippen LogP contribution in [0, 0.1) is 6.92 Å². The van der Waals surface area contributed by atoms with Crippen LogP contribution in [0.5, 0.6) is 0 Å². The summed E-state index contributed by atoms with van der Waals surface area (Å²) in [5.74, 6) is 0. The van der Waals surface area contributed by atoms with E-state index >= 15 is 0 Å². The molecule has 0 radical (unpaired) electrons. The first-order chi connectivity index (χ1) is 8.48. The number of H-pyrrole nitrogens is 1. The van der Waals surface area contributed by atoms with Gasteiger partial charge in [0.2, 0.25) is 10.0 Å². The van der Waals surface area contributed by atoms with Crippen LogP contribution in [-0.2, 0) is 16.6 Å². The lowest BCUT2D eigenvalue weighted by Gasteiger charge is -2.23. The van der Waals surface area contributed by atoms with Gasteiger partial charge in [-0.1, -0.05) is 12.8 Å². The standard InChI is InChI=1S/C11H19N3O3S/c1-8-11(10(7-15)13-12-8)18(16,17)14(2)9-5-3-4-6-9/h9,15H,3-7H2,1-2H3,(H,12,13). The highest BCUT2D eigenvalue weighted by molar-refractivity contribution is 7.89. The van der Waals surface area contributed by atoms with Crippen molar-refractivity contribution in [3.8, 4) is 0 Å². The quantitative estimate of drug-likeness (QED) is 0.848. The Morgan fingerprint density at radius 3 is 2.61 bits per heavy atom. The predicted molar refractivity (Wildman–Crippen MR) is 66.5 cm³/mol. The fraction of sp³-hybridized carbons (Fsp3) is 0.727. The average Bonchev–Trinajstić information content (AvgIpc) is 2.96. The van der Waals surface area contributed by atoms with Crippen molar-refractivity contribution >= 4 is 10.0 Å². The van der Waals surface area contributed by atoms with E-state index in [0.717, 1.165) is 25.7 Å². The highest BCUT2D eigenvalue weighted by Crippen LogP contribution is 2.29. The summed E-state index contributed by atoms with van der Waals surface area (Å²) in [6.07, 6.45) is 3.95. The van der Waals surface area contributed by atoms with Crippen LogP contribution in [0.25, 0.3) is 0 Å². The molecule has 102 valence electrons. The van der Waals surface area contributed by atoms with Gasteiger partial charge in [0, 0.05) is 13.1 Å². The van der Waals surface area contributed by atoms with Gasteiger partial charge in [0.05, 0.1) is 12.3 Å². The van der Waals surface area contributed by atoms with Gasteiger partial charge in [-0.2, -0.15) is 9.40 Å². The first kappa shape index (κ1) is 13.5. The minimum Gasteiger partial charge on any atom is -0.390 e. The van der Waals surface area contributed by atoms with Crippen molar-refractivity contribution in [2.24, 2.45) is 0 Å². The van der Waals surface area contributed by atoms with Crippen molar-refractivity contribution in [3.05, 3.63) is 11.4 Å². The normalized spacial score (nSPS) is 17.8. The number of sulfonamides is 1. The number of nitrogens with zero attached hydrogens (tertiary/aromatic N) is 2. The molecule has 18 heavy (non-hydrogen) atoms. The molecule has 1 aliphatic rings. The molecule has 0 bridgehead atoms. The smallest absolute Gasteiger partial charge is 0.246 e. The number of aromatic amines is 1. The summed E-state index contributed by atoms with van der Waals surface area (Å²) in [4.78, 5) is 0.124. The summed E-state index contributed by atoms with van der Waals surface area (Å²) in [5.41, 5.74) is 0.668. The lowest BCUT2D eigenvalue weighted by molar-refractivity contribution is 0.272. The number of rotatable bonds is 4. The Kier molecular flexibility index (Phi) is 3.74. The van der Waals surface area contributed by atoms with Gasteiger partial charge in [-0.15, -0.1) is 0 Å². The first-order valence-electron chi connectivity index (χ1n) is 6.11. The lowest BCUT2D eigenvalue weighted by atomic mass is 10.3. The van der Waals surface area contributed by atoms with E-state index in [0.29, 0.717) is 5.69 Å². The molecule has 0 spiro atoms. The third-order valence-corrected chi connectivity index (χ3v) is 5.70. The Balaban J connectivity index is 2.37. The number of aliphatic hydroxyl groups excluding tert-OH is 1. The largest absolute Gasteiger partial charge is 0.390 e. The summed E-state index contributed by atoms with van der Waals surface area (Å²) < 4.78 is 26.5. The summed E-state index contributed by atoms with van der Waals surface area (Å²) in [6.45, 7) is 1.28. The third kappa shape index (κ3) is 2.17. The highest BCUT2D eigenvalue weighted by atomic mass is 32.2. The van der Waals surface area contributed by atoms with Crippen molar-refractivity contribution in [2.75, 3.05) is 7.05 Å². The number of aromatic nitrogens is 2. The van der Waals surface area contributed by atoms with Crippen LogP contribution in [0.15, 0.2) is 4.90 Å². The molecule has 0 atom stereocenters. The monoisotopic (exact) mass is 273 g/mol. The van der Waals surface area contributed by atoms with E-state index < -0.39 is 10.0 Å². The molecule has 1 fully saturated rings. The van der Waals surface area contributed by atoms with Crippen molar-refractivity contribution in [3.63, 3.8) is 0 Å². The molecule has 6 nitrogen and oxygen atoms in total. The van der Waals surface area contributed by atoms with Gasteiger partial charge in [0.15, 0.2) is 0 Å². The highest BCUT2D eigenvalue weighted by Gasteiger charge is 2.33. The maximum Gasteiger partial charge on any atom is 0.246 e. The summed E-state index contributed by atoms with van der Waals surface area (Å²) >= 11 is 0. The van der Waals surface area contributed by atoms with Gasteiger partial charge in [-0.3, -0.25) is 5.10 Å². The van der Waals surface area contributed by atoms with Gasteiger partial charge < -0.3 is 5.11 Å². The molecule has 1 saturated carbocycles. The van der Waals surface area contributed by atoms with Crippen molar-refractivity contribution in [1.82, 2.24) is 14.5 Å². The third-order valence-electron chi connectivity index (χ3n) is 3.59. The molecule has 1 aliphatic carbocycles. The number of hydrogen-bond donors (Lipinski definition) is 2. The van der Waals surface area contributed by atoms with E-state index in [4.69, 9.17) is 0 Å². The first-order valence-corrected chi connectivity index (χ1v) is 7.55. The van der Waals surface area contributed by atoms with Crippen LogP contribution in [0.4, 0.5) is 0 Å². The maximum atomic E-state index is 12.5. The zero-order valence-electron chi connectivity index (χ0n) is 10.7. The Morgan fingerprint density at radius 1 is 1.44 bits per heavy atom. The fourth-order valence-electron chi connectivity index (χ4n) is 2.53. The topological polar surface area (TPSA) is 86.3 Å². The van der Waals surface area contributed by atoms with E-state index in [-0.39, 0.29) is 23.2 Å². The Bertz CT molecular complexity index is 518. The van der Waals surface area contributed by atoms with Crippen LogP contribution in [0.2, 0.25) is 0 Å². The summed E-state index contributed by atoms with van der Waals surface area (Å²) in [5, 5.41) is 15.6. The second-order valence-corrected chi connectivity index (χ2v) is 6.68. The number of nitrogens with one attached hydrogen (secondary N) is 1. The molecule has 0 unspecified atom stereocenters. The lowest BCUT2D eigenvalue weighted by Crippen LogP contribution is -2.35. The summed E-state index contributed by atoms with van der Waals surface area (Å²) in [7, 11) is -1.96. The molecule has 1 heterocycles. The van der Waals surface area contributed by atoms with E-state index in [2.05, 4.69) is 10.2 Å². The van der Waals surface area contributed by atoms with Gasteiger partial charge >= 0.3 is 0 Å². The molecule has 1 aromatic heterocycles. The maximum absolute atomic E-state index is 12.5. The van der Waals surface area contributed by atoms with Crippen molar-refractivity contribution in [1.29, 1.82) is 0 Å². The zero-order chi connectivity index (χ0) is 13.3. The number of hydrogen-bond acceptors (Lipinski definition) is 4. The van der Waals surface area contributed by atoms with Crippen LogP contribution in [0.3, 0.4) is 0 Å². The fourth-order valence-corrected chi connectivity index (χ4v) is 4.26. The molecule has 2 N–H and O–H groups in total. The second-order valence-electron chi connectivity index (χ2n) is 4.74.